The van der Waals surface area contributed by atoms with Crippen LogP contribution < -0.4 is 14.8 Å². The second kappa shape index (κ2) is 7.48. The predicted octanol–water partition coefficient (Wildman–Crippen LogP) is 3.37. The lowest BCUT2D eigenvalue weighted by molar-refractivity contribution is 0.394. The first-order valence-electron chi connectivity index (χ1n) is 7.08. The van der Waals surface area contributed by atoms with Gasteiger partial charge in [-0.1, -0.05) is 29.8 Å². The van der Waals surface area contributed by atoms with Gasteiger partial charge in [0.2, 0.25) is 0 Å². The number of ether oxygens (including phenoxy) is 2. The summed E-state index contributed by atoms with van der Waals surface area (Å²) in [7, 11) is 3.20. The van der Waals surface area contributed by atoms with E-state index < -0.39 is 6.04 Å². The molecule has 2 aromatic carbocycles. The third-order valence-electron chi connectivity index (χ3n) is 3.51. The van der Waals surface area contributed by atoms with E-state index in [1.807, 2.05) is 18.2 Å². The number of nitrogens with one attached hydrogen (secondary N) is 1. The highest BCUT2D eigenvalue weighted by molar-refractivity contribution is 5.44. The minimum atomic E-state index is -0.466. The molecule has 1 atom stereocenters. The monoisotopic (exact) mass is 296 g/mol. The fraction of sp³-hybridized carbons (Fsp3) is 0.278. The van der Waals surface area contributed by atoms with Crippen LogP contribution >= 0.6 is 0 Å². The molecule has 114 valence electrons. The average molecular weight is 296 g/mol. The van der Waals surface area contributed by atoms with Crippen LogP contribution in [0.2, 0.25) is 0 Å². The van der Waals surface area contributed by atoms with Crippen LogP contribution in [0.25, 0.3) is 0 Å². The van der Waals surface area contributed by atoms with Crippen molar-refractivity contribution in [3.05, 3.63) is 59.2 Å². The first-order chi connectivity index (χ1) is 10.7. The van der Waals surface area contributed by atoms with Crippen molar-refractivity contribution in [3.8, 4) is 17.6 Å². The molecule has 0 heterocycles. The molecular weight excluding hydrogens is 276 g/mol. The van der Waals surface area contributed by atoms with Crippen LogP contribution in [-0.4, -0.2) is 14.2 Å². The lowest BCUT2D eigenvalue weighted by Crippen LogP contribution is -2.20. The summed E-state index contributed by atoms with van der Waals surface area (Å²) in [5.41, 5.74) is 3.12. The van der Waals surface area contributed by atoms with E-state index in [4.69, 9.17) is 9.47 Å². The van der Waals surface area contributed by atoms with Gasteiger partial charge in [0.05, 0.1) is 20.3 Å². The summed E-state index contributed by atoms with van der Waals surface area (Å²) in [6, 6.07) is 15.5. The van der Waals surface area contributed by atoms with Gasteiger partial charge in [0, 0.05) is 12.1 Å². The molecule has 1 unspecified atom stereocenters. The van der Waals surface area contributed by atoms with E-state index in [0.717, 1.165) is 11.1 Å². The number of benzene rings is 2. The summed E-state index contributed by atoms with van der Waals surface area (Å²) < 4.78 is 10.6. The van der Waals surface area contributed by atoms with Gasteiger partial charge in [-0.3, -0.25) is 5.32 Å². The molecular formula is C18H20N2O2. The van der Waals surface area contributed by atoms with Crippen LogP contribution in [-0.2, 0) is 6.54 Å². The van der Waals surface area contributed by atoms with Gasteiger partial charge in [-0.05, 0) is 30.7 Å². The molecule has 0 aliphatic heterocycles. The number of hydrogen-bond acceptors (Lipinski definition) is 4. The number of rotatable bonds is 6. The summed E-state index contributed by atoms with van der Waals surface area (Å²) in [4.78, 5) is 0. The Morgan fingerprint density at radius 3 is 2.41 bits per heavy atom. The summed E-state index contributed by atoms with van der Waals surface area (Å²) in [5.74, 6) is 1.37. The number of nitriles is 1. The Hall–Kier alpha value is -2.51. The van der Waals surface area contributed by atoms with Gasteiger partial charge < -0.3 is 9.47 Å². The standard InChI is InChI=1S/C18H20N2O2/c1-13-4-6-14(7-5-13)12-20-17(11-19)16-10-15(21-2)8-9-18(16)22-3/h4-10,17,20H,12H2,1-3H3. The fourth-order valence-electron chi connectivity index (χ4n) is 2.22. The second-order valence-electron chi connectivity index (χ2n) is 5.04. The summed E-state index contributed by atoms with van der Waals surface area (Å²) >= 11 is 0. The zero-order chi connectivity index (χ0) is 15.9. The Labute approximate surface area is 131 Å². The SMILES string of the molecule is COc1ccc(OC)c(C(C#N)NCc2ccc(C)cc2)c1. The van der Waals surface area contributed by atoms with Crippen molar-refractivity contribution in [2.75, 3.05) is 14.2 Å². The molecule has 4 heteroatoms. The van der Waals surface area contributed by atoms with Gasteiger partial charge in [-0.2, -0.15) is 5.26 Å². The van der Waals surface area contributed by atoms with Crippen molar-refractivity contribution in [1.82, 2.24) is 5.32 Å². The molecule has 22 heavy (non-hydrogen) atoms. The third kappa shape index (κ3) is 3.78. The van der Waals surface area contributed by atoms with Crippen LogP contribution in [0.15, 0.2) is 42.5 Å². The second-order valence-corrected chi connectivity index (χ2v) is 5.04. The van der Waals surface area contributed by atoms with Crippen molar-refractivity contribution >= 4 is 0 Å². The summed E-state index contributed by atoms with van der Waals surface area (Å²) in [6.07, 6.45) is 0. The van der Waals surface area contributed by atoms with E-state index in [2.05, 4.69) is 42.6 Å². The topological polar surface area (TPSA) is 54.3 Å². The van der Waals surface area contributed by atoms with Crippen molar-refractivity contribution in [1.29, 1.82) is 5.26 Å². The molecule has 0 aliphatic carbocycles. The minimum Gasteiger partial charge on any atom is -0.497 e. The fourth-order valence-corrected chi connectivity index (χ4v) is 2.22. The molecule has 2 rings (SSSR count). The average Bonchev–Trinajstić information content (AvgIpc) is 2.56. The quantitative estimate of drug-likeness (QED) is 0.888. The van der Waals surface area contributed by atoms with Gasteiger partial charge in [0.25, 0.3) is 0 Å². The molecule has 0 spiro atoms. The van der Waals surface area contributed by atoms with E-state index in [-0.39, 0.29) is 0 Å². The molecule has 2 aromatic rings. The maximum absolute atomic E-state index is 9.48. The Morgan fingerprint density at radius 1 is 1.09 bits per heavy atom. The first-order valence-corrected chi connectivity index (χ1v) is 7.08. The van der Waals surface area contributed by atoms with E-state index in [1.165, 1.54) is 5.56 Å². The number of methoxy groups -OCH3 is 2. The van der Waals surface area contributed by atoms with Gasteiger partial charge in [-0.25, -0.2) is 0 Å². The van der Waals surface area contributed by atoms with Crippen molar-refractivity contribution in [3.63, 3.8) is 0 Å². The summed E-state index contributed by atoms with van der Waals surface area (Å²) in [5, 5.41) is 12.7. The number of hydrogen-bond donors (Lipinski definition) is 1. The minimum absolute atomic E-state index is 0.466. The van der Waals surface area contributed by atoms with E-state index in [0.29, 0.717) is 18.0 Å². The molecule has 0 aliphatic rings. The maximum Gasteiger partial charge on any atom is 0.125 e. The molecule has 1 N–H and O–H groups in total. The van der Waals surface area contributed by atoms with Crippen LogP contribution in [0.1, 0.15) is 22.7 Å². The highest BCUT2D eigenvalue weighted by Gasteiger charge is 2.16. The Morgan fingerprint density at radius 2 is 1.82 bits per heavy atom. The molecule has 0 amide bonds. The van der Waals surface area contributed by atoms with Crippen molar-refractivity contribution in [2.24, 2.45) is 0 Å². The van der Waals surface area contributed by atoms with Crippen LogP contribution in [0.4, 0.5) is 0 Å². The van der Waals surface area contributed by atoms with Crippen LogP contribution in [0, 0.1) is 18.3 Å². The first kappa shape index (κ1) is 15.9. The molecule has 0 bridgehead atoms. The lowest BCUT2D eigenvalue weighted by atomic mass is 10.1. The Kier molecular flexibility index (Phi) is 5.40. The van der Waals surface area contributed by atoms with Crippen molar-refractivity contribution < 1.29 is 9.47 Å². The Bertz CT molecular complexity index is 660. The molecule has 0 saturated heterocycles. The molecule has 4 nitrogen and oxygen atoms in total. The van der Waals surface area contributed by atoms with Gasteiger partial charge in [-0.15, -0.1) is 0 Å². The normalized spacial score (nSPS) is 11.5. The third-order valence-corrected chi connectivity index (χ3v) is 3.51. The van der Waals surface area contributed by atoms with Gasteiger partial charge in [0.15, 0.2) is 0 Å². The smallest absolute Gasteiger partial charge is 0.125 e. The van der Waals surface area contributed by atoms with Crippen LogP contribution in [0.5, 0.6) is 11.5 Å². The Balaban J connectivity index is 2.17. The lowest BCUT2D eigenvalue weighted by Gasteiger charge is -2.16. The summed E-state index contributed by atoms with van der Waals surface area (Å²) in [6.45, 7) is 2.66. The zero-order valence-corrected chi connectivity index (χ0v) is 13.1. The molecule has 0 radical (unpaired) electrons. The highest BCUT2D eigenvalue weighted by Crippen LogP contribution is 2.29. The van der Waals surface area contributed by atoms with Crippen molar-refractivity contribution in [2.45, 2.75) is 19.5 Å². The maximum atomic E-state index is 9.48. The van der Waals surface area contributed by atoms with Crippen LogP contribution in [0.3, 0.4) is 0 Å². The van der Waals surface area contributed by atoms with E-state index in [1.54, 1.807) is 14.2 Å². The number of aryl methyl sites for hydroxylation is 1. The van der Waals surface area contributed by atoms with E-state index >= 15 is 0 Å². The molecule has 0 aromatic heterocycles. The van der Waals surface area contributed by atoms with E-state index in [9.17, 15) is 5.26 Å². The largest absolute Gasteiger partial charge is 0.497 e. The molecule has 0 saturated carbocycles. The van der Waals surface area contributed by atoms with Gasteiger partial charge >= 0.3 is 0 Å². The number of nitrogens with zero attached hydrogens (tertiary/aromatic N) is 1. The predicted molar refractivity (Wildman–Crippen MR) is 85.9 cm³/mol. The zero-order valence-electron chi connectivity index (χ0n) is 13.1. The molecule has 0 fully saturated rings. The highest BCUT2D eigenvalue weighted by atomic mass is 16.5. The van der Waals surface area contributed by atoms with Gasteiger partial charge in [0.1, 0.15) is 17.5 Å².